The fourth-order valence-electron chi connectivity index (χ4n) is 0.951. The van der Waals surface area contributed by atoms with Gasteiger partial charge in [0.15, 0.2) is 0 Å². The average Bonchev–Trinajstić information content (AvgIpc) is 2.35. The summed E-state index contributed by atoms with van der Waals surface area (Å²) < 4.78 is 5.39. The summed E-state index contributed by atoms with van der Waals surface area (Å²) in [6, 6.07) is 9.14. The Balaban J connectivity index is 2.83. The molecule has 6 nitrogen and oxygen atoms in total. The van der Waals surface area contributed by atoms with E-state index in [0.29, 0.717) is 0 Å². The van der Waals surface area contributed by atoms with Gasteiger partial charge in [0, 0.05) is 5.56 Å². The minimum Gasteiger partial charge on any atom is -0.433 e. The molecule has 16 heavy (non-hydrogen) atoms. The summed E-state index contributed by atoms with van der Waals surface area (Å²) in [5, 5.41) is 7.30. The molecule has 0 saturated heterocycles. The van der Waals surface area contributed by atoms with Crippen LogP contribution in [-0.2, 0) is 4.74 Å². The van der Waals surface area contributed by atoms with Crippen LogP contribution in [0.5, 0.6) is 0 Å². The van der Waals surface area contributed by atoms with Crippen LogP contribution in [0.15, 0.2) is 40.7 Å². The third kappa shape index (κ3) is 3.16. The molecular formula is C10H13N4O2+. The molecule has 1 amide bonds. The minimum atomic E-state index is -0.607. The average molecular weight is 221 g/mol. The normalized spacial score (nSPS) is 12.4. The first kappa shape index (κ1) is 11.8. The monoisotopic (exact) mass is 221 g/mol. The second-order valence-corrected chi connectivity index (χ2v) is 2.93. The molecule has 1 rings (SSSR count). The molecule has 0 unspecified atom stereocenters. The van der Waals surface area contributed by atoms with Gasteiger partial charge in [0.2, 0.25) is 0 Å². The zero-order valence-corrected chi connectivity index (χ0v) is 9.12. The van der Waals surface area contributed by atoms with E-state index >= 15 is 0 Å². The van der Waals surface area contributed by atoms with Crippen molar-refractivity contribution in [1.29, 1.82) is 0 Å². The summed E-state index contributed by atoms with van der Waals surface area (Å²) in [6.45, 7) is 0. The van der Waals surface area contributed by atoms with Crippen LogP contribution in [0.1, 0.15) is 5.56 Å². The maximum Gasteiger partial charge on any atom is 0.527 e. The van der Waals surface area contributed by atoms with Crippen LogP contribution in [0.2, 0.25) is 0 Å². The van der Waals surface area contributed by atoms with E-state index in [0.717, 1.165) is 10.3 Å². The van der Waals surface area contributed by atoms with E-state index in [1.54, 1.807) is 12.1 Å². The minimum absolute atomic E-state index is 0.233. The lowest BCUT2D eigenvalue weighted by atomic mass is 10.2. The number of amides is 1. The maximum atomic E-state index is 11.0. The number of hydrogen-bond acceptors (Lipinski definition) is 3. The molecule has 0 fully saturated rings. The van der Waals surface area contributed by atoms with Crippen LogP contribution in [0.4, 0.5) is 4.79 Å². The first-order chi connectivity index (χ1) is 7.65. The number of ether oxygens (including phenoxy) is 1. The molecule has 0 heterocycles. The zero-order valence-electron chi connectivity index (χ0n) is 9.12. The lowest BCUT2D eigenvalue weighted by Gasteiger charge is -1.92. The van der Waals surface area contributed by atoms with Gasteiger partial charge in [-0.15, -0.1) is 0 Å². The number of carbonyl (C=O) groups excluding carboxylic acids is 1. The lowest BCUT2D eigenvalue weighted by Crippen LogP contribution is -2.16. The third-order valence-corrected chi connectivity index (χ3v) is 1.80. The SMILES string of the molecule is COC(=O)/[N+](C)=N/N=C(/N)c1ccccc1. The van der Waals surface area contributed by atoms with Crippen molar-refractivity contribution < 1.29 is 14.2 Å². The summed E-state index contributed by atoms with van der Waals surface area (Å²) in [5.41, 5.74) is 6.40. The summed E-state index contributed by atoms with van der Waals surface area (Å²) in [7, 11) is 2.69. The number of carbonyl (C=O) groups is 1. The molecule has 6 heteroatoms. The van der Waals surface area contributed by atoms with E-state index < -0.39 is 6.09 Å². The number of rotatable bonds is 2. The molecule has 0 aliphatic heterocycles. The summed E-state index contributed by atoms with van der Waals surface area (Å²) in [4.78, 5) is 11.0. The highest BCUT2D eigenvalue weighted by atomic mass is 16.5. The molecule has 0 aromatic heterocycles. The summed E-state index contributed by atoms with van der Waals surface area (Å²) in [6.07, 6.45) is -0.607. The molecule has 2 N–H and O–H groups in total. The fourth-order valence-corrected chi connectivity index (χ4v) is 0.951. The Hall–Kier alpha value is -2.24. The van der Waals surface area contributed by atoms with Gasteiger partial charge in [-0.25, -0.2) is 0 Å². The molecule has 84 valence electrons. The van der Waals surface area contributed by atoms with Crippen LogP contribution < -0.4 is 5.73 Å². The molecule has 0 bridgehead atoms. The van der Waals surface area contributed by atoms with E-state index in [1.165, 1.54) is 14.2 Å². The van der Waals surface area contributed by atoms with E-state index in [2.05, 4.69) is 15.1 Å². The first-order valence-electron chi connectivity index (χ1n) is 4.56. The Bertz CT molecular complexity index is 426. The predicted molar refractivity (Wildman–Crippen MR) is 58.2 cm³/mol. The second kappa shape index (κ2) is 5.59. The number of nitrogens with zero attached hydrogens (tertiary/aromatic N) is 3. The molecule has 0 atom stereocenters. The molecule has 1 aromatic carbocycles. The highest BCUT2D eigenvalue weighted by molar-refractivity contribution is 5.97. The van der Waals surface area contributed by atoms with Crippen LogP contribution in [0.3, 0.4) is 0 Å². The fraction of sp³-hybridized carbons (Fsp3) is 0.200. The molecule has 0 radical (unpaired) electrons. The van der Waals surface area contributed by atoms with E-state index in [9.17, 15) is 4.79 Å². The highest BCUT2D eigenvalue weighted by Crippen LogP contribution is 1.97. The summed E-state index contributed by atoms with van der Waals surface area (Å²) in [5.74, 6) is 0.233. The van der Waals surface area contributed by atoms with Gasteiger partial charge < -0.3 is 10.5 Å². The Labute approximate surface area is 93.0 Å². The number of hydrogen-bond donors (Lipinski definition) is 1. The van der Waals surface area contributed by atoms with Gasteiger partial charge in [-0.1, -0.05) is 22.9 Å². The van der Waals surface area contributed by atoms with Crippen molar-refractivity contribution in [2.75, 3.05) is 14.2 Å². The summed E-state index contributed by atoms with van der Waals surface area (Å²) >= 11 is 0. The quantitative estimate of drug-likeness (QED) is 0.267. The molecule has 0 aliphatic rings. The standard InChI is InChI=1S/C10H12N4O2/c1-14(10(15)16-2)13-12-9(11)8-6-4-3-5-7-8/h3-7,11H,1-2H3/p+1. The van der Waals surface area contributed by atoms with E-state index in [-0.39, 0.29) is 5.84 Å². The number of amidine groups is 1. The van der Waals surface area contributed by atoms with Gasteiger partial charge in [-0.2, -0.15) is 4.79 Å². The van der Waals surface area contributed by atoms with E-state index in [4.69, 9.17) is 5.73 Å². The number of benzene rings is 1. The van der Waals surface area contributed by atoms with Gasteiger partial charge in [0.25, 0.3) is 5.84 Å². The smallest absolute Gasteiger partial charge is 0.433 e. The van der Waals surface area contributed by atoms with Crippen molar-refractivity contribution >= 4 is 11.9 Å². The Kier molecular flexibility index (Phi) is 4.14. The Morgan fingerprint density at radius 2 is 2.00 bits per heavy atom. The van der Waals surface area contributed by atoms with Gasteiger partial charge in [0.1, 0.15) is 12.3 Å². The number of methoxy groups -OCH3 is 1. The largest absolute Gasteiger partial charge is 0.527 e. The number of nitrogens with two attached hydrogens (primary N) is 1. The predicted octanol–water partition coefficient (Wildman–Crippen LogP) is 1.17. The Morgan fingerprint density at radius 1 is 1.38 bits per heavy atom. The topological polar surface area (TPSA) is 80.0 Å². The van der Waals surface area contributed by atoms with Crippen LogP contribution >= 0.6 is 0 Å². The van der Waals surface area contributed by atoms with Crippen LogP contribution in [0, 0.1) is 0 Å². The molecule has 0 aliphatic carbocycles. The van der Waals surface area contributed by atoms with Crippen molar-refractivity contribution in [3.63, 3.8) is 0 Å². The van der Waals surface area contributed by atoms with Crippen molar-refractivity contribution in [1.82, 2.24) is 0 Å². The second-order valence-electron chi connectivity index (χ2n) is 2.93. The Morgan fingerprint density at radius 3 is 2.56 bits per heavy atom. The molecule has 0 spiro atoms. The van der Waals surface area contributed by atoms with Gasteiger partial charge in [0.05, 0.1) is 12.2 Å². The maximum absolute atomic E-state index is 11.0. The van der Waals surface area contributed by atoms with Crippen molar-refractivity contribution in [3.05, 3.63) is 35.9 Å². The van der Waals surface area contributed by atoms with Crippen LogP contribution in [-0.4, -0.2) is 30.8 Å². The van der Waals surface area contributed by atoms with Crippen LogP contribution in [0.25, 0.3) is 0 Å². The van der Waals surface area contributed by atoms with Gasteiger partial charge >= 0.3 is 6.09 Å². The zero-order chi connectivity index (χ0) is 12.0. The van der Waals surface area contributed by atoms with Gasteiger partial charge in [-0.05, 0) is 12.1 Å². The van der Waals surface area contributed by atoms with Crippen molar-refractivity contribution in [2.24, 2.45) is 16.1 Å². The molecular weight excluding hydrogens is 208 g/mol. The van der Waals surface area contributed by atoms with Crippen molar-refractivity contribution in [2.45, 2.75) is 0 Å². The van der Waals surface area contributed by atoms with Gasteiger partial charge in [-0.3, -0.25) is 0 Å². The first-order valence-corrected chi connectivity index (χ1v) is 4.56. The van der Waals surface area contributed by atoms with E-state index in [1.807, 2.05) is 18.2 Å². The highest BCUT2D eigenvalue weighted by Gasteiger charge is 2.09. The van der Waals surface area contributed by atoms with Crippen molar-refractivity contribution in [3.8, 4) is 0 Å². The molecule has 1 aromatic rings. The third-order valence-electron chi connectivity index (χ3n) is 1.80. The lowest BCUT2D eigenvalue weighted by molar-refractivity contribution is -0.485. The molecule has 0 saturated carbocycles.